The van der Waals surface area contributed by atoms with E-state index in [1.54, 1.807) is 12.1 Å². The summed E-state index contributed by atoms with van der Waals surface area (Å²) in [6.07, 6.45) is 4.73. The van der Waals surface area contributed by atoms with E-state index in [0.717, 1.165) is 28.7 Å². The van der Waals surface area contributed by atoms with Crippen molar-refractivity contribution in [2.45, 2.75) is 0 Å². The van der Waals surface area contributed by atoms with Gasteiger partial charge in [0, 0.05) is 23.5 Å². The van der Waals surface area contributed by atoms with Crippen molar-refractivity contribution in [2.75, 3.05) is 0 Å². The quantitative estimate of drug-likeness (QED) is 0.583. The van der Waals surface area contributed by atoms with Crippen LogP contribution < -0.4 is 0 Å². The maximum Gasteiger partial charge on any atom is 0.154 e. The maximum absolute atomic E-state index is 11.8. The van der Waals surface area contributed by atoms with Crippen LogP contribution >= 0.6 is 0 Å². The first-order valence-corrected chi connectivity index (χ1v) is 7.31. The molecule has 0 amide bonds. The van der Waals surface area contributed by atoms with Crippen molar-refractivity contribution in [3.63, 3.8) is 0 Å². The van der Waals surface area contributed by atoms with E-state index < -0.39 is 0 Å². The summed E-state index contributed by atoms with van der Waals surface area (Å²) in [5.74, 6) is 1.00. The number of phenols is 1. The number of aromatic hydroxyl groups is 1. The van der Waals surface area contributed by atoms with Gasteiger partial charge < -0.3 is 9.67 Å². The molecule has 0 saturated heterocycles. The lowest BCUT2D eigenvalue weighted by Gasteiger charge is -2.12. The fourth-order valence-electron chi connectivity index (χ4n) is 2.96. The van der Waals surface area contributed by atoms with Crippen LogP contribution in [0.4, 0.5) is 0 Å². The molecule has 112 valence electrons. The van der Waals surface area contributed by atoms with Gasteiger partial charge in [-0.1, -0.05) is 18.2 Å². The number of aldehydes is 1. The number of phenolic OH excluding ortho intramolecular Hbond substituents is 1. The van der Waals surface area contributed by atoms with E-state index in [1.807, 2.05) is 70.1 Å². The molecule has 0 saturated carbocycles. The number of carbonyl (C=O) groups excluding carboxylic acids is 1. The fraction of sp³-hybridized carbons (Fsp3) is 0. The third-order valence-electron chi connectivity index (χ3n) is 3.96. The van der Waals surface area contributed by atoms with Crippen LogP contribution in [-0.4, -0.2) is 20.5 Å². The highest BCUT2D eigenvalue weighted by Crippen LogP contribution is 2.31. The van der Waals surface area contributed by atoms with Gasteiger partial charge in [0.15, 0.2) is 6.29 Å². The summed E-state index contributed by atoms with van der Waals surface area (Å²) in [6, 6.07) is 18.6. The van der Waals surface area contributed by atoms with E-state index in [4.69, 9.17) is 0 Å². The second-order valence-corrected chi connectivity index (χ2v) is 5.31. The number of aromatic nitrogens is 2. The first-order chi connectivity index (χ1) is 11.3. The minimum Gasteiger partial charge on any atom is -0.508 e. The molecular formula is C19H14N2O2. The third-order valence-corrected chi connectivity index (χ3v) is 3.96. The largest absolute Gasteiger partial charge is 0.508 e. The lowest BCUT2D eigenvalue weighted by Crippen LogP contribution is -2.04. The number of hydrogen-bond acceptors (Lipinski definition) is 2. The monoisotopic (exact) mass is 302 g/mol. The Kier molecular flexibility index (Phi) is 3.01. The van der Waals surface area contributed by atoms with Crippen LogP contribution in [0.15, 0.2) is 73.1 Å². The molecule has 4 heteroatoms. The molecule has 0 spiro atoms. The molecule has 4 rings (SSSR count). The van der Waals surface area contributed by atoms with Crippen molar-refractivity contribution in [1.29, 1.82) is 0 Å². The Hall–Kier alpha value is -3.27. The first kappa shape index (κ1) is 13.4. The number of para-hydroxylation sites is 1. The van der Waals surface area contributed by atoms with Crippen molar-refractivity contribution in [1.82, 2.24) is 9.13 Å². The molecule has 0 radical (unpaired) electrons. The van der Waals surface area contributed by atoms with E-state index in [2.05, 4.69) is 0 Å². The Labute approximate surface area is 132 Å². The second kappa shape index (κ2) is 5.18. The Morgan fingerprint density at radius 1 is 0.870 bits per heavy atom. The second-order valence-electron chi connectivity index (χ2n) is 5.31. The van der Waals surface area contributed by atoms with Gasteiger partial charge in [-0.15, -0.1) is 0 Å². The van der Waals surface area contributed by atoms with E-state index in [-0.39, 0.29) is 5.75 Å². The average molecular weight is 302 g/mol. The molecular weight excluding hydrogens is 288 g/mol. The standard InChI is InChI=1S/C19H14N2O2/c22-13-17-16-5-1-2-6-18(16)21(14-7-9-15(23)10-8-14)19(17)20-11-3-4-12-20/h1-13,23H. The summed E-state index contributed by atoms with van der Waals surface area (Å²) in [7, 11) is 0. The van der Waals surface area contributed by atoms with Gasteiger partial charge in [-0.3, -0.25) is 9.36 Å². The number of rotatable bonds is 3. The molecule has 4 aromatic rings. The van der Waals surface area contributed by atoms with Gasteiger partial charge in [0.25, 0.3) is 0 Å². The summed E-state index contributed by atoms with van der Waals surface area (Å²) in [6.45, 7) is 0. The van der Waals surface area contributed by atoms with Gasteiger partial charge >= 0.3 is 0 Å². The highest BCUT2D eigenvalue weighted by molar-refractivity contribution is 6.02. The van der Waals surface area contributed by atoms with E-state index in [9.17, 15) is 9.90 Å². The molecule has 0 aliphatic carbocycles. The van der Waals surface area contributed by atoms with Gasteiger partial charge in [-0.25, -0.2) is 0 Å². The molecule has 2 aromatic carbocycles. The predicted molar refractivity (Wildman–Crippen MR) is 89.7 cm³/mol. The molecule has 23 heavy (non-hydrogen) atoms. The lowest BCUT2D eigenvalue weighted by molar-refractivity contribution is 0.112. The van der Waals surface area contributed by atoms with Crippen molar-refractivity contribution in [2.24, 2.45) is 0 Å². The van der Waals surface area contributed by atoms with Gasteiger partial charge in [0.1, 0.15) is 11.6 Å². The first-order valence-electron chi connectivity index (χ1n) is 7.31. The van der Waals surface area contributed by atoms with Crippen LogP contribution in [-0.2, 0) is 0 Å². The molecule has 1 N–H and O–H groups in total. The topological polar surface area (TPSA) is 47.2 Å². The number of carbonyl (C=O) groups is 1. The highest BCUT2D eigenvalue weighted by atomic mass is 16.3. The predicted octanol–water partition coefficient (Wildman–Crippen LogP) is 3.94. The number of nitrogens with zero attached hydrogens (tertiary/aromatic N) is 2. The van der Waals surface area contributed by atoms with E-state index in [0.29, 0.717) is 5.56 Å². The molecule has 2 aromatic heterocycles. The average Bonchev–Trinajstić information content (AvgIpc) is 3.21. The van der Waals surface area contributed by atoms with Gasteiger partial charge in [0.2, 0.25) is 0 Å². The van der Waals surface area contributed by atoms with Crippen molar-refractivity contribution < 1.29 is 9.90 Å². The summed E-state index contributed by atoms with van der Waals surface area (Å²) in [5, 5.41) is 10.5. The Morgan fingerprint density at radius 2 is 1.57 bits per heavy atom. The summed E-state index contributed by atoms with van der Waals surface area (Å²) in [4.78, 5) is 11.8. The molecule has 0 bridgehead atoms. The lowest BCUT2D eigenvalue weighted by atomic mass is 10.2. The van der Waals surface area contributed by atoms with E-state index in [1.165, 1.54) is 0 Å². The molecule has 0 aliphatic rings. The third kappa shape index (κ3) is 2.04. The fourth-order valence-corrected chi connectivity index (χ4v) is 2.96. The molecule has 2 heterocycles. The SMILES string of the molecule is O=Cc1c(-n2cccc2)n(-c2ccc(O)cc2)c2ccccc12. The maximum atomic E-state index is 11.8. The number of fused-ring (bicyclic) bond motifs is 1. The Morgan fingerprint density at radius 3 is 2.26 bits per heavy atom. The molecule has 0 unspecified atom stereocenters. The normalized spacial score (nSPS) is 11.0. The van der Waals surface area contributed by atoms with Crippen molar-refractivity contribution >= 4 is 17.2 Å². The zero-order chi connectivity index (χ0) is 15.8. The minimum absolute atomic E-state index is 0.211. The zero-order valence-corrected chi connectivity index (χ0v) is 12.3. The van der Waals surface area contributed by atoms with E-state index >= 15 is 0 Å². The summed E-state index contributed by atoms with van der Waals surface area (Å²) < 4.78 is 3.95. The number of hydrogen-bond donors (Lipinski definition) is 1. The van der Waals surface area contributed by atoms with Gasteiger partial charge in [-0.05, 0) is 42.5 Å². The van der Waals surface area contributed by atoms with Crippen LogP contribution in [0.3, 0.4) is 0 Å². The highest BCUT2D eigenvalue weighted by Gasteiger charge is 2.18. The minimum atomic E-state index is 0.211. The molecule has 0 fully saturated rings. The molecule has 0 aliphatic heterocycles. The Bertz CT molecular complexity index is 980. The van der Waals surface area contributed by atoms with Crippen LogP contribution in [0.1, 0.15) is 10.4 Å². The smallest absolute Gasteiger partial charge is 0.154 e. The van der Waals surface area contributed by atoms with Crippen molar-refractivity contribution in [3.05, 3.63) is 78.6 Å². The van der Waals surface area contributed by atoms with Crippen LogP contribution in [0, 0.1) is 0 Å². The number of benzene rings is 2. The summed E-state index contributed by atoms with van der Waals surface area (Å²) in [5.41, 5.74) is 2.48. The zero-order valence-electron chi connectivity index (χ0n) is 12.3. The van der Waals surface area contributed by atoms with Gasteiger partial charge in [-0.2, -0.15) is 0 Å². The van der Waals surface area contributed by atoms with Crippen molar-refractivity contribution in [3.8, 4) is 17.3 Å². The molecule has 4 nitrogen and oxygen atoms in total. The van der Waals surface area contributed by atoms with Gasteiger partial charge in [0.05, 0.1) is 11.1 Å². The van der Waals surface area contributed by atoms with Crippen LogP contribution in [0.2, 0.25) is 0 Å². The van der Waals surface area contributed by atoms with Crippen LogP contribution in [0.25, 0.3) is 22.4 Å². The molecule has 0 atom stereocenters. The Balaban J connectivity index is 2.14. The van der Waals surface area contributed by atoms with Crippen LogP contribution in [0.5, 0.6) is 5.75 Å². The summed E-state index contributed by atoms with van der Waals surface area (Å²) >= 11 is 0.